The van der Waals surface area contributed by atoms with Gasteiger partial charge < -0.3 is 15.2 Å². The topological polar surface area (TPSA) is 58.6 Å². The van der Waals surface area contributed by atoms with Crippen LogP contribution in [0, 0.1) is 5.92 Å². The molecule has 1 saturated carbocycles. The number of fused-ring (bicyclic) bond motifs is 1. The third-order valence-electron chi connectivity index (χ3n) is 5.06. The molecule has 0 saturated heterocycles. The fourth-order valence-corrected chi connectivity index (χ4v) is 3.43. The highest BCUT2D eigenvalue weighted by Crippen LogP contribution is 2.33. The molecule has 25 heavy (non-hydrogen) atoms. The lowest BCUT2D eigenvalue weighted by molar-refractivity contribution is -0.135. The van der Waals surface area contributed by atoms with E-state index in [1.54, 1.807) is 0 Å². The van der Waals surface area contributed by atoms with Crippen molar-refractivity contribution < 1.29 is 14.6 Å². The summed E-state index contributed by atoms with van der Waals surface area (Å²) in [7, 11) is 0. The molecule has 0 aliphatic heterocycles. The van der Waals surface area contributed by atoms with Gasteiger partial charge in [0.25, 0.3) is 5.91 Å². The Hall–Kier alpha value is -2.17. The third-order valence-corrected chi connectivity index (χ3v) is 5.06. The first kappa shape index (κ1) is 16.3. The van der Waals surface area contributed by atoms with Gasteiger partial charge in [-0.05, 0) is 41.9 Å². The second-order valence-corrected chi connectivity index (χ2v) is 7.03. The summed E-state index contributed by atoms with van der Waals surface area (Å²) < 4.78 is 5.94. The minimum absolute atomic E-state index is 0.177. The van der Waals surface area contributed by atoms with Crippen LogP contribution in [-0.4, -0.2) is 23.7 Å². The molecule has 0 heterocycles. The number of hydrogen-bond donors (Lipinski definition) is 2. The summed E-state index contributed by atoms with van der Waals surface area (Å²) in [5.41, 5.74) is 2.85. The molecule has 2 aliphatic rings. The number of nitrogens with one attached hydrogen (secondary N) is 1. The van der Waals surface area contributed by atoms with Gasteiger partial charge in [-0.1, -0.05) is 54.6 Å². The van der Waals surface area contributed by atoms with Gasteiger partial charge in [-0.3, -0.25) is 4.79 Å². The zero-order valence-electron chi connectivity index (χ0n) is 14.1. The molecule has 1 amide bonds. The number of carbonyl (C=O) groups is 1. The van der Waals surface area contributed by atoms with Crippen LogP contribution in [0.5, 0.6) is 0 Å². The second-order valence-electron chi connectivity index (χ2n) is 7.03. The molecule has 3 atom stereocenters. The van der Waals surface area contributed by atoms with Crippen LogP contribution in [0.3, 0.4) is 0 Å². The predicted octanol–water partition coefficient (Wildman–Crippen LogP) is 2.93. The molecule has 2 aromatic rings. The van der Waals surface area contributed by atoms with Crippen LogP contribution >= 0.6 is 0 Å². The summed E-state index contributed by atoms with van der Waals surface area (Å²) in [4.78, 5) is 12.9. The van der Waals surface area contributed by atoms with Crippen molar-refractivity contribution in [2.75, 3.05) is 6.61 Å². The molecule has 1 fully saturated rings. The van der Waals surface area contributed by atoms with Crippen LogP contribution in [-0.2, 0) is 16.0 Å². The van der Waals surface area contributed by atoms with Gasteiger partial charge in [-0.2, -0.15) is 0 Å². The van der Waals surface area contributed by atoms with E-state index in [0.29, 0.717) is 18.9 Å². The minimum Gasteiger partial charge on any atom is -0.386 e. The maximum atomic E-state index is 12.9. The van der Waals surface area contributed by atoms with E-state index in [1.807, 2.05) is 54.6 Å². The van der Waals surface area contributed by atoms with Gasteiger partial charge in [0.2, 0.25) is 0 Å². The molecule has 4 nitrogen and oxygen atoms in total. The Morgan fingerprint density at radius 2 is 1.84 bits per heavy atom. The fourth-order valence-electron chi connectivity index (χ4n) is 3.43. The zero-order chi connectivity index (χ0) is 17.2. The Balaban J connectivity index is 1.47. The number of hydrogen-bond acceptors (Lipinski definition) is 3. The van der Waals surface area contributed by atoms with E-state index in [0.717, 1.165) is 16.7 Å². The molecule has 2 aromatic carbocycles. The van der Waals surface area contributed by atoms with Crippen molar-refractivity contribution in [3.63, 3.8) is 0 Å². The lowest BCUT2D eigenvalue weighted by Crippen LogP contribution is -2.41. The number of carbonyl (C=O) groups excluding carboxylic acids is 1. The van der Waals surface area contributed by atoms with Crippen molar-refractivity contribution in [1.82, 2.24) is 5.32 Å². The fraction of sp³-hybridized carbons (Fsp3) is 0.381. The van der Waals surface area contributed by atoms with Crippen molar-refractivity contribution in [2.24, 2.45) is 5.92 Å². The van der Waals surface area contributed by atoms with Crippen molar-refractivity contribution in [3.05, 3.63) is 71.3 Å². The van der Waals surface area contributed by atoms with Crippen LogP contribution in [0.4, 0.5) is 0 Å². The monoisotopic (exact) mass is 337 g/mol. The van der Waals surface area contributed by atoms with E-state index in [-0.39, 0.29) is 11.9 Å². The number of rotatable bonds is 6. The van der Waals surface area contributed by atoms with E-state index >= 15 is 0 Å². The molecule has 2 N–H and O–H groups in total. The van der Waals surface area contributed by atoms with Gasteiger partial charge >= 0.3 is 0 Å². The SMILES string of the molecule is O=C(N[C@H]1Cc2ccccc2[C@H]1O)C(OCC1CC1)c1ccccc1. The van der Waals surface area contributed by atoms with Crippen molar-refractivity contribution >= 4 is 5.91 Å². The summed E-state index contributed by atoms with van der Waals surface area (Å²) in [6.07, 6.45) is 1.71. The molecule has 2 aliphatic carbocycles. The lowest BCUT2D eigenvalue weighted by Gasteiger charge is -2.22. The zero-order valence-corrected chi connectivity index (χ0v) is 14.1. The Morgan fingerprint density at radius 1 is 1.12 bits per heavy atom. The average Bonchev–Trinajstić information content (AvgIpc) is 3.41. The molecule has 4 heteroatoms. The number of aliphatic hydroxyl groups is 1. The van der Waals surface area contributed by atoms with E-state index in [2.05, 4.69) is 5.32 Å². The summed E-state index contributed by atoms with van der Waals surface area (Å²) in [5, 5.41) is 13.5. The molecule has 1 unspecified atom stereocenters. The Kier molecular flexibility index (Phi) is 4.55. The van der Waals surface area contributed by atoms with Crippen LogP contribution in [0.15, 0.2) is 54.6 Å². The Morgan fingerprint density at radius 3 is 2.56 bits per heavy atom. The molecule has 4 rings (SSSR count). The molecular weight excluding hydrogens is 314 g/mol. The summed E-state index contributed by atoms with van der Waals surface area (Å²) in [6.45, 7) is 0.612. The van der Waals surface area contributed by atoms with Crippen LogP contribution in [0.1, 0.15) is 41.7 Å². The first-order chi connectivity index (χ1) is 12.2. The highest BCUT2D eigenvalue weighted by Gasteiger charge is 2.34. The average molecular weight is 337 g/mol. The van der Waals surface area contributed by atoms with Crippen molar-refractivity contribution in [3.8, 4) is 0 Å². The minimum atomic E-state index is -0.667. The van der Waals surface area contributed by atoms with Gasteiger partial charge in [0.15, 0.2) is 6.10 Å². The number of aliphatic hydroxyl groups excluding tert-OH is 1. The normalized spacial score (nSPS) is 23.1. The van der Waals surface area contributed by atoms with Crippen LogP contribution in [0.25, 0.3) is 0 Å². The highest BCUT2D eigenvalue weighted by atomic mass is 16.5. The lowest BCUT2D eigenvalue weighted by atomic mass is 10.1. The number of benzene rings is 2. The largest absolute Gasteiger partial charge is 0.386 e. The quantitative estimate of drug-likeness (QED) is 0.852. The van der Waals surface area contributed by atoms with Crippen LogP contribution in [0.2, 0.25) is 0 Å². The molecule has 0 aromatic heterocycles. The summed E-state index contributed by atoms with van der Waals surface area (Å²) in [6, 6.07) is 17.1. The summed E-state index contributed by atoms with van der Waals surface area (Å²) in [5.74, 6) is 0.407. The highest BCUT2D eigenvalue weighted by molar-refractivity contribution is 5.82. The van der Waals surface area contributed by atoms with Gasteiger partial charge in [0, 0.05) is 0 Å². The van der Waals surface area contributed by atoms with Gasteiger partial charge in [0.1, 0.15) is 0 Å². The van der Waals surface area contributed by atoms with Crippen molar-refractivity contribution in [1.29, 1.82) is 0 Å². The second kappa shape index (κ2) is 6.98. The first-order valence-electron chi connectivity index (χ1n) is 8.95. The molecule has 0 bridgehead atoms. The maximum absolute atomic E-state index is 12.9. The smallest absolute Gasteiger partial charge is 0.254 e. The number of ether oxygens (including phenoxy) is 1. The van der Waals surface area contributed by atoms with Crippen LogP contribution < -0.4 is 5.32 Å². The maximum Gasteiger partial charge on any atom is 0.254 e. The van der Waals surface area contributed by atoms with E-state index < -0.39 is 12.2 Å². The molecule has 0 spiro atoms. The summed E-state index contributed by atoms with van der Waals surface area (Å²) >= 11 is 0. The van der Waals surface area contributed by atoms with E-state index in [9.17, 15) is 9.90 Å². The van der Waals surface area contributed by atoms with Gasteiger partial charge in [-0.15, -0.1) is 0 Å². The first-order valence-corrected chi connectivity index (χ1v) is 8.95. The van der Waals surface area contributed by atoms with E-state index in [1.165, 1.54) is 12.8 Å². The number of amides is 1. The van der Waals surface area contributed by atoms with E-state index in [4.69, 9.17) is 4.74 Å². The van der Waals surface area contributed by atoms with Gasteiger partial charge in [0.05, 0.1) is 18.8 Å². The Bertz CT molecular complexity index is 742. The molecule has 130 valence electrons. The third kappa shape index (κ3) is 3.60. The molecule has 0 radical (unpaired) electrons. The molecular formula is C21H23NO3. The van der Waals surface area contributed by atoms with Crippen molar-refractivity contribution in [2.45, 2.75) is 37.5 Å². The van der Waals surface area contributed by atoms with Gasteiger partial charge in [-0.25, -0.2) is 0 Å². The Labute approximate surface area is 147 Å². The predicted molar refractivity (Wildman–Crippen MR) is 94.9 cm³/mol. The standard InChI is InChI=1S/C21H23NO3/c23-19-17-9-5-4-8-16(17)12-18(19)22-21(24)20(25-13-14-10-11-14)15-6-2-1-3-7-15/h1-9,14,18-20,23H,10-13H2,(H,22,24)/t18-,19+,20?/m0/s1.